The first-order valence-electron chi connectivity index (χ1n) is 15.4. The molecule has 0 bridgehead atoms. The lowest BCUT2D eigenvalue weighted by Crippen LogP contribution is -2.16. The smallest absolute Gasteiger partial charge is 0.0124 e. The Balaban J connectivity index is 0.000000292. The number of allylic oxidation sites excluding steroid dienone is 12. The average molecular weight is 535 g/mol. The minimum atomic E-state index is 0.301. The van der Waals surface area contributed by atoms with Crippen LogP contribution < -0.4 is 0 Å². The molecule has 3 aliphatic carbocycles. The highest BCUT2D eigenvalue weighted by molar-refractivity contribution is 5.41. The Labute approximate surface area is 245 Å². The Kier molecular flexibility index (Phi) is 11.0. The third-order valence-corrected chi connectivity index (χ3v) is 7.99. The van der Waals surface area contributed by atoms with E-state index in [4.69, 9.17) is 0 Å². The van der Waals surface area contributed by atoms with Gasteiger partial charge in [-0.1, -0.05) is 178 Å². The van der Waals surface area contributed by atoms with Crippen molar-refractivity contribution in [1.29, 1.82) is 0 Å². The van der Waals surface area contributed by atoms with Crippen LogP contribution in [0.2, 0.25) is 0 Å². The third kappa shape index (κ3) is 10.7. The molecule has 0 heterocycles. The molecule has 0 saturated heterocycles. The van der Waals surface area contributed by atoms with E-state index in [1.807, 2.05) is 0 Å². The molecular weight excluding hydrogens is 468 g/mol. The quantitative estimate of drug-likeness (QED) is 0.290. The van der Waals surface area contributed by atoms with Gasteiger partial charge in [0.15, 0.2) is 0 Å². The lowest BCUT2D eigenvalue weighted by Gasteiger charge is -2.29. The van der Waals surface area contributed by atoms with Crippen LogP contribution >= 0.6 is 0 Å². The molecule has 222 valence electrons. The zero-order chi connectivity index (χ0) is 30.8. The SMILES string of the molecule is CC(C)(C)C1=C(C(C)(C)C)CC=C1.CC(C)(C)C1=C(C(C)(C)C)CC=C1.CC(C)(C)C1=CCC(C(C)(C)C)=C1. The molecule has 0 fully saturated rings. The zero-order valence-electron chi connectivity index (χ0n) is 29.6. The molecule has 0 aromatic rings. The monoisotopic (exact) mass is 535 g/mol. The molecule has 3 rings (SSSR count). The van der Waals surface area contributed by atoms with Gasteiger partial charge in [-0.15, -0.1) is 0 Å². The first-order valence-corrected chi connectivity index (χ1v) is 15.4. The number of rotatable bonds is 0. The van der Waals surface area contributed by atoms with E-state index in [0.29, 0.717) is 32.5 Å². The van der Waals surface area contributed by atoms with Crippen molar-refractivity contribution in [2.45, 2.75) is 144 Å². The summed E-state index contributed by atoms with van der Waals surface area (Å²) in [6, 6.07) is 0. The predicted molar refractivity (Wildman–Crippen MR) is 179 cm³/mol. The van der Waals surface area contributed by atoms with E-state index in [1.54, 1.807) is 27.9 Å². The van der Waals surface area contributed by atoms with Crippen LogP contribution in [0.25, 0.3) is 0 Å². The van der Waals surface area contributed by atoms with E-state index in [-0.39, 0.29) is 0 Å². The van der Waals surface area contributed by atoms with Crippen LogP contribution in [0.15, 0.2) is 69.9 Å². The van der Waals surface area contributed by atoms with Crippen LogP contribution in [0.4, 0.5) is 0 Å². The zero-order valence-corrected chi connectivity index (χ0v) is 29.6. The maximum absolute atomic E-state index is 2.39. The largest absolute Gasteiger partial charge is 0.0801 e. The summed E-state index contributed by atoms with van der Waals surface area (Å²) in [5.74, 6) is 0. The summed E-state index contributed by atoms with van der Waals surface area (Å²) in [5.41, 5.74) is 11.3. The van der Waals surface area contributed by atoms with Gasteiger partial charge in [0.25, 0.3) is 0 Å². The van der Waals surface area contributed by atoms with Crippen molar-refractivity contribution in [3.63, 3.8) is 0 Å². The molecular formula is C39H66. The Bertz CT molecular complexity index is 970. The van der Waals surface area contributed by atoms with Gasteiger partial charge < -0.3 is 0 Å². The Morgan fingerprint density at radius 3 is 0.949 bits per heavy atom. The fourth-order valence-electron chi connectivity index (χ4n) is 5.41. The second-order valence-electron chi connectivity index (χ2n) is 18.0. The Hall–Kier alpha value is -1.56. The first-order chi connectivity index (χ1) is 17.2. The van der Waals surface area contributed by atoms with Gasteiger partial charge in [0.05, 0.1) is 0 Å². The van der Waals surface area contributed by atoms with Gasteiger partial charge in [0, 0.05) is 0 Å². The van der Waals surface area contributed by atoms with Crippen LogP contribution in [0.3, 0.4) is 0 Å². The van der Waals surface area contributed by atoms with Crippen LogP contribution in [0.1, 0.15) is 144 Å². The second-order valence-corrected chi connectivity index (χ2v) is 18.0. The van der Waals surface area contributed by atoms with Crippen molar-refractivity contribution in [1.82, 2.24) is 0 Å². The van der Waals surface area contributed by atoms with Crippen molar-refractivity contribution in [3.05, 3.63) is 69.9 Å². The summed E-state index contributed by atoms with van der Waals surface area (Å²) in [7, 11) is 0. The van der Waals surface area contributed by atoms with Gasteiger partial charge in [0.2, 0.25) is 0 Å². The van der Waals surface area contributed by atoms with Crippen molar-refractivity contribution >= 4 is 0 Å². The topological polar surface area (TPSA) is 0 Å². The van der Waals surface area contributed by atoms with Gasteiger partial charge in [-0.25, -0.2) is 0 Å². The van der Waals surface area contributed by atoms with Crippen molar-refractivity contribution in [2.75, 3.05) is 0 Å². The van der Waals surface area contributed by atoms with Gasteiger partial charge in [-0.3, -0.25) is 0 Å². The fraction of sp³-hybridized carbons (Fsp3) is 0.692. The van der Waals surface area contributed by atoms with E-state index >= 15 is 0 Å². The normalized spacial score (nSPS) is 18.6. The van der Waals surface area contributed by atoms with Crippen LogP contribution in [0.5, 0.6) is 0 Å². The van der Waals surface area contributed by atoms with Crippen LogP contribution in [0, 0.1) is 32.5 Å². The minimum absolute atomic E-state index is 0.301. The van der Waals surface area contributed by atoms with Crippen LogP contribution in [-0.2, 0) is 0 Å². The third-order valence-electron chi connectivity index (χ3n) is 7.99. The summed E-state index contributed by atoms with van der Waals surface area (Å²) < 4.78 is 0. The van der Waals surface area contributed by atoms with Crippen molar-refractivity contribution < 1.29 is 0 Å². The van der Waals surface area contributed by atoms with E-state index < -0.39 is 0 Å². The summed E-state index contributed by atoms with van der Waals surface area (Å²) in [4.78, 5) is 0. The highest BCUT2D eigenvalue weighted by atomic mass is 14.3. The molecule has 0 aromatic carbocycles. The average Bonchev–Trinajstić information content (AvgIpc) is 3.45. The Morgan fingerprint density at radius 1 is 0.410 bits per heavy atom. The molecule has 0 radical (unpaired) electrons. The van der Waals surface area contributed by atoms with Gasteiger partial charge in [-0.05, 0) is 68.5 Å². The lowest BCUT2D eigenvalue weighted by atomic mass is 9.76. The van der Waals surface area contributed by atoms with E-state index in [0.717, 1.165) is 19.3 Å². The van der Waals surface area contributed by atoms with E-state index in [2.05, 4.69) is 161 Å². The van der Waals surface area contributed by atoms with Crippen molar-refractivity contribution in [3.8, 4) is 0 Å². The number of hydrogen-bond acceptors (Lipinski definition) is 0. The predicted octanol–water partition coefficient (Wildman–Crippen LogP) is 13.0. The fourth-order valence-corrected chi connectivity index (χ4v) is 5.41. The summed E-state index contributed by atoms with van der Waals surface area (Å²) in [5, 5.41) is 0. The van der Waals surface area contributed by atoms with E-state index in [9.17, 15) is 0 Å². The molecule has 0 aliphatic heterocycles. The molecule has 0 saturated carbocycles. The highest BCUT2D eigenvalue weighted by Gasteiger charge is 2.29. The molecule has 0 spiro atoms. The van der Waals surface area contributed by atoms with Gasteiger partial charge >= 0.3 is 0 Å². The molecule has 0 heteroatoms. The highest BCUT2D eigenvalue weighted by Crippen LogP contribution is 2.43. The molecule has 0 atom stereocenters. The molecule has 0 N–H and O–H groups in total. The summed E-state index contributed by atoms with van der Waals surface area (Å²) in [6.07, 6.45) is 17.4. The Morgan fingerprint density at radius 2 is 0.769 bits per heavy atom. The molecule has 0 aromatic heterocycles. The van der Waals surface area contributed by atoms with Crippen LogP contribution in [-0.4, -0.2) is 0 Å². The van der Waals surface area contributed by atoms with Crippen molar-refractivity contribution in [2.24, 2.45) is 32.5 Å². The molecule has 0 unspecified atom stereocenters. The standard InChI is InChI=1S/3C13H22/c1-12(2,3)10-7-8-11(9-10)13(4,5)6;2*1-12(2,3)10-8-7-9-11(10)13(4,5)6/h7,9H,8H2,1-6H3;2*7-8H,9H2,1-6H3. The number of hydrogen-bond donors (Lipinski definition) is 0. The summed E-state index contributed by atoms with van der Waals surface area (Å²) >= 11 is 0. The first kappa shape index (κ1) is 35.5. The lowest BCUT2D eigenvalue weighted by molar-refractivity contribution is 0.452. The minimum Gasteiger partial charge on any atom is -0.0801 e. The molecule has 0 nitrogen and oxygen atoms in total. The van der Waals surface area contributed by atoms with Gasteiger partial charge in [-0.2, -0.15) is 0 Å². The second kappa shape index (κ2) is 12.1. The maximum Gasteiger partial charge on any atom is -0.0124 e. The van der Waals surface area contributed by atoms with Gasteiger partial charge in [0.1, 0.15) is 0 Å². The van der Waals surface area contributed by atoms with E-state index in [1.165, 1.54) is 5.57 Å². The molecule has 3 aliphatic rings. The maximum atomic E-state index is 2.39. The summed E-state index contributed by atoms with van der Waals surface area (Å²) in [6.45, 7) is 41.3. The molecule has 0 amide bonds. The molecule has 39 heavy (non-hydrogen) atoms.